The minimum absolute atomic E-state index is 0.142. The van der Waals surface area contributed by atoms with Crippen molar-refractivity contribution < 1.29 is 9.59 Å². The monoisotopic (exact) mass is 362 g/mol. The van der Waals surface area contributed by atoms with Gasteiger partial charge in [0.15, 0.2) is 0 Å². The number of amides is 2. The summed E-state index contributed by atoms with van der Waals surface area (Å²) < 4.78 is 0. The molecular weight excluding hydrogens is 344 g/mol. The molecule has 0 aliphatic carbocycles. The van der Waals surface area contributed by atoms with Crippen LogP contribution in [-0.4, -0.2) is 22.8 Å². The van der Waals surface area contributed by atoms with Crippen LogP contribution in [0.2, 0.25) is 0 Å². The number of nitrogens with two attached hydrogens (primary N) is 1. The Labute approximate surface area is 155 Å². The standard InChI is InChI=1S/C21H18N2O2S/c22-20(24)18-12-15-8-4-5-9-16(15)13-23(18)21(25)19-17(10-11-26-19)14-6-2-1-3-7-14/h1-11,18H,12-13H2,(H2,22,24). The molecule has 4 rings (SSSR count). The van der Waals surface area contributed by atoms with Crippen molar-refractivity contribution in [2.75, 3.05) is 0 Å². The van der Waals surface area contributed by atoms with Crippen LogP contribution in [0.5, 0.6) is 0 Å². The second kappa shape index (κ2) is 6.77. The Morgan fingerprint density at radius 3 is 2.38 bits per heavy atom. The minimum atomic E-state index is -0.622. The zero-order valence-electron chi connectivity index (χ0n) is 14.1. The van der Waals surface area contributed by atoms with Crippen LogP contribution in [0, 0.1) is 0 Å². The Morgan fingerprint density at radius 2 is 1.65 bits per heavy atom. The number of primary amides is 1. The van der Waals surface area contributed by atoms with Gasteiger partial charge in [-0.15, -0.1) is 11.3 Å². The summed E-state index contributed by atoms with van der Waals surface area (Å²) in [5.74, 6) is -0.608. The predicted molar refractivity (Wildman–Crippen MR) is 103 cm³/mol. The lowest BCUT2D eigenvalue weighted by molar-refractivity contribution is -0.122. The highest BCUT2D eigenvalue weighted by Gasteiger charge is 2.35. The first-order valence-electron chi connectivity index (χ1n) is 8.45. The molecule has 4 nitrogen and oxygen atoms in total. The number of thiophene rings is 1. The molecule has 0 spiro atoms. The summed E-state index contributed by atoms with van der Waals surface area (Å²) in [6.07, 6.45) is 0.462. The van der Waals surface area contributed by atoms with E-state index >= 15 is 0 Å². The first-order chi connectivity index (χ1) is 12.6. The fourth-order valence-electron chi connectivity index (χ4n) is 3.44. The van der Waals surface area contributed by atoms with Gasteiger partial charge in [0.25, 0.3) is 5.91 Å². The van der Waals surface area contributed by atoms with Crippen LogP contribution in [0.15, 0.2) is 66.0 Å². The molecule has 0 saturated carbocycles. The fourth-order valence-corrected chi connectivity index (χ4v) is 4.31. The summed E-state index contributed by atoms with van der Waals surface area (Å²) in [5.41, 5.74) is 9.65. The maximum Gasteiger partial charge on any atom is 0.265 e. The lowest BCUT2D eigenvalue weighted by Crippen LogP contribution is -2.51. The van der Waals surface area contributed by atoms with Gasteiger partial charge < -0.3 is 10.6 Å². The topological polar surface area (TPSA) is 63.4 Å². The van der Waals surface area contributed by atoms with E-state index in [-0.39, 0.29) is 5.91 Å². The van der Waals surface area contributed by atoms with E-state index in [1.807, 2.05) is 66.0 Å². The van der Waals surface area contributed by atoms with Crippen LogP contribution in [-0.2, 0) is 17.8 Å². The Balaban J connectivity index is 1.72. The van der Waals surface area contributed by atoms with E-state index in [0.717, 1.165) is 22.3 Å². The largest absolute Gasteiger partial charge is 0.368 e. The van der Waals surface area contributed by atoms with Crippen LogP contribution in [0.25, 0.3) is 11.1 Å². The zero-order valence-corrected chi connectivity index (χ0v) is 14.9. The van der Waals surface area contributed by atoms with Gasteiger partial charge in [-0.3, -0.25) is 9.59 Å². The lowest BCUT2D eigenvalue weighted by atomic mass is 9.93. The molecule has 2 N–H and O–H groups in total. The highest BCUT2D eigenvalue weighted by Crippen LogP contribution is 2.32. The molecule has 0 saturated heterocycles. The Bertz CT molecular complexity index is 965. The normalized spacial score (nSPS) is 16.2. The van der Waals surface area contributed by atoms with Crippen molar-refractivity contribution in [2.24, 2.45) is 5.73 Å². The molecule has 1 aliphatic heterocycles. The quantitative estimate of drug-likeness (QED) is 0.775. The van der Waals surface area contributed by atoms with Gasteiger partial charge in [0.2, 0.25) is 5.91 Å². The highest BCUT2D eigenvalue weighted by atomic mass is 32.1. The third-order valence-corrected chi connectivity index (χ3v) is 5.68. The number of hydrogen-bond acceptors (Lipinski definition) is 3. The highest BCUT2D eigenvalue weighted by molar-refractivity contribution is 7.12. The molecular formula is C21H18N2O2S. The van der Waals surface area contributed by atoms with E-state index in [1.165, 1.54) is 11.3 Å². The molecule has 0 bridgehead atoms. The number of rotatable bonds is 3. The Hall–Kier alpha value is -2.92. The summed E-state index contributed by atoms with van der Waals surface area (Å²) in [6.45, 7) is 0.398. The number of nitrogens with zero attached hydrogens (tertiary/aromatic N) is 1. The van der Waals surface area contributed by atoms with Gasteiger partial charge in [-0.2, -0.15) is 0 Å². The second-order valence-electron chi connectivity index (χ2n) is 6.35. The average Bonchev–Trinajstić information content (AvgIpc) is 3.17. The molecule has 1 unspecified atom stereocenters. The number of carbonyl (C=O) groups excluding carboxylic acids is 2. The molecule has 1 aromatic heterocycles. The summed E-state index contributed by atoms with van der Waals surface area (Å²) in [6, 6.07) is 19.0. The molecule has 0 fully saturated rings. The van der Waals surface area contributed by atoms with Crippen molar-refractivity contribution in [3.05, 3.63) is 82.0 Å². The van der Waals surface area contributed by atoms with Gasteiger partial charge in [0, 0.05) is 18.5 Å². The first kappa shape index (κ1) is 16.5. The number of carbonyl (C=O) groups is 2. The second-order valence-corrected chi connectivity index (χ2v) is 7.27. The molecule has 26 heavy (non-hydrogen) atoms. The summed E-state index contributed by atoms with van der Waals surface area (Å²) in [4.78, 5) is 27.6. The van der Waals surface area contributed by atoms with Gasteiger partial charge in [0.1, 0.15) is 6.04 Å². The summed E-state index contributed by atoms with van der Waals surface area (Å²) in [5, 5.41) is 1.91. The van der Waals surface area contributed by atoms with Crippen molar-refractivity contribution >= 4 is 23.2 Å². The molecule has 2 heterocycles. The molecule has 0 radical (unpaired) electrons. The summed E-state index contributed by atoms with van der Waals surface area (Å²) >= 11 is 1.40. The van der Waals surface area contributed by atoms with Crippen LogP contribution in [0.1, 0.15) is 20.8 Å². The van der Waals surface area contributed by atoms with Crippen molar-refractivity contribution in [2.45, 2.75) is 19.0 Å². The van der Waals surface area contributed by atoms with Crippen LogP contribution in [0.4, 0.5) is 0 Å². The van der Waals surface area contributed by atoms with Gasteiger partial charge in [-0.1, -0.05) is 54.6 Å². The average molecular weight is 362 g/mol. The Kier molecular flexibility index (Phi) is 4.31. The van der Waals surface area contributed by atoms with Gasteiger partial charge in [-0.25, -0.2) is 0 Å². The maximum atomic E-state index is 13.3. The minimum Gasteiger partial charge on any atom is -0.368 e. The van der Waals surface area contributed by atoms with Crippen molar-refractivity contribution in [3.8, 4) is 11.1 Å². The van der Waals surface area contributed by atoms with E-state index in [0.29, 0.717) is 17.8 Å². The number of hydrogen-bond donors (Lipinski definition) is 1. The maximum absolute atomic E-state index is 13.3. The fraction of sp³-hybridized carbons (Fsp3) is 0.143. The third-order valence-electron chi connectivity index (χ3n) is 4.78. The molecule has 5 heteroatoms. The predicted octanol–water partition coefficient (Wildman–Crippen LogP) is 3.47. The Morgan fingerprint density at radius 1 is 0.962 bits per heavy atom. The molecule has 2 aromatic carbocycles. The van der Waals surface area contributed by atoms with E-state index in [9.17, 15) is 9.59 Å². The third kappa shape index (κ3) is 2.91. The van der Waals surface area contributed by atoms with Crippen molar-refractivity contribution in [3.63, 3.8) is 0 Å². The molecule has 130 valence electrons. The van der Waals surface area contributed by atoms with Crippen LogP contribution < -0.4 is 5.73 Å². The summed E-state index contributed by atoms with van der Waals surface area (Å²) in [7, 11) is 0. The van der Waals surface area contributed by atoms with Gasteiger partial charge in [-0.05, 0) is 28.1 Å². The van der Waals surface area contributed by atoms with E-state index in [4.69, 9.17) is 5.73 Å². The van der Waals surface area contributed by atoms with E-state index in [2.05, 4.69) is 0 Å². The molecule has 1 atom stereocenters. The van der Waals surface area contributed by atoms with Crippen LogP contribution in [0.3, 0.4) is 0 Å². The molecule has 1 aliphatic rings. The van der Waals surface area contributed by atoms with Crippen molar-refractivity contribution in [1.82, 2.24) is 4.90 Å². The van der Waals surface area contributed by atoms with Crippen LogP contribution >= 0.6 is 11.3 Å². The van der Waals surface area contributed by atoms with Crippen molar-refractivity contribution in [1.29, 1.82) is 0 Å². The van der Waals surface area contributed by atoms with Gasteiger partial charge in [0.05, 0.1) is 4.88 Å². The smallest absolute Gasteiger partial charge is 0.265 e. The molecule has 3 aromatic rings. The number of benzene rings is 2. The van der Waals surface area contributed by atoms with E-state index in [1.54, 1.807) is 4.90 Å². The molecule has 2 amide bonds. The first-order valence-corrected chi connectivity index (χ1v) is 9.33. The van der Waals surface area contributed by atoms with E-state index < -0.39 is 11.9 Å². The number of fused-ring (bicyclic) bond motifs is 1. The zero-order chi connectivity index (χ0) is 18.1. The van der Waals surface area contributed by atoms with Gasteiger partial charge >= 0.3 is 0 Å². The SMILES string of the molecule is NC(=O)C1Cc2ccccc2CN1C(=O)c1sccc1-c1ccccc1. The lowest BCUT2D eigenvalue weighted by Gasteiger charge is -2.35.